The van der Waals surface area contributed by atoms with Crippen molar-refractivity contribution in [2.45, 2.75) is 40.2 Å². The van der Waals surface area contributed by atoms with E-state index < -0.39 is 0 Å². The zero-order valence-electron chi connectivity index (χ0n) is 19.0. The van der Waals surface area contributed by atoms with Crippen LogP contribution in [0.1, 0.15) is 48.9 Å². The summed E-state index contributed by atoms with van der Waals surface area (Å²) in [6, 6.07) is 14.8. The van der Waals surface area contributed by atoms with Gasteiger partial charge in [0.1, 0.15) is 0 Å². The van der Waals surface area contributed by atoms with E-state index in [-0.39, 0.29) is 0 Å². The van der Waals surface area contributed by atoms with Gasteiger partial charge in [0.2, 0.25) is 0 Å². The van der Waals surface area contributed by atoms with E-state index in [0.717, 1.165) is 29.8 Å². The Labute approximate surface area is 182 Å². The van der Waals surface area contributed by atoms with Crippen LogP contribution in [0.25, 0.3) is 11.1 Å². The lowest BCUT2D eigenvalue weighted by atomic mass is 9.95. The highest BCUT2D eigenvalue weighted by molar-refractivity contribution is 5.73. The van der Waals surface area contributed by atoms with Gasteiger partial charge in [0, 0.05) is 24.4 Å². The summed E-state index contributed by atoms with van der Waals surface area (Å²) in [6.07, 6.45) is 7.83. The molecule has 0 aromatic heterocycles. The molecule has 0 saturated heterocycles. The summed E-state index contributed by atoms with van der Waals surface area (Å²) in [4.78, 5) is 0. The van der Waals surface area contributed by atoms with E-state index in [9.17, 15) is 0 Å². The van der Waals surface area contributed by atoms with Gasteiger partial charge in [-0.3, -0.25) is 0 Å². The Morgan fingerprint density at radius 3 is 2.23 bits per heavy atom. The van der Waals surface area contributed by atoms with Gasteiger partial charge in [-0.25, -0.2) is 0 Å². The Kier molecular flexibility index (Phi) is 11.2. The molecular weight excluding hydrogens is 366 g/mol. The fraction of sp³-hybridized carbons (Fsp3) is 0.259. The van der Waals surface area contributed by atoms with Gasteiger partial charge >= 0.3 is 0 Å². The molecule has 2 aromatic rings. The number of benzene rings is 2. The second-order valence-corrected chi connectivity index (χ2v) is 6.92. The van der Waals surface area contributed by atoms with Gasteiger partial charge in [-0.15, -0.1) is 6.58 Å². The summed E-state index contributed by atoms with van der Waals surface area (Å²) in [5, 5.41) is 3.46. The molecule has 5 N–H and O–H groups in total. The Bertz CT molecular complexity index is 904. The van der Waals surface area contributed by atoms with Gasteiger partial charge in [-0.1, -0.05) is 55.1 Å². The van der Waals surface area contributed by atoms with Crippen LogP contribution in [0.5, 0.6) is 0 Å². The van der Waals surface area contributed by atoms with Gasteiger partial charge in [-0.2, -0.15) is 0 Å². The number of hydrogen-bond acceptors (Lipinski definition) is 3. The maximum absolute atomic E-state index is 6.02. The normalized spacial score (nSPS) is 11.4. The fourth-order valence-corrected chi connectivity index (χ4v) is 3.46. The van der Waals surface area contributed by atoms with Crippen molar-refractivity contribution in [3.63, 3.8) is 0 Å². The van der Waals surface area contributed by atoms with Crippen molar-refractivity contribution in [1.29, 1.82) is 0 Å². The van der Waals surface area contributed by atoms with E-state index in [2.05, 4.69) is 99.6 Å². The first-order valence-corrected chi connectivity index (χ1v) is 10.4. The third-order valence-electron chi connectivity index (χ3n) is 4.95. The number of nitrogens with one attached hydrogen (secondary N) is 1. The van der Waals surface area contributed by atoms with E-state index in [1.54, 1.807) is 0 Å². The van der Waals surface area contributed by atoms with Gasteiger partial charge < -0.3 is 16.8 Å². The first-order chi connectivity index (χ1) is 14.5. The minimum absolute atomic E-state index is 0.495. The van der Waals surface area contributed by atoms with Crippen molar-refractivity contribution >= 4 is 16.8 Å². The summed E-state index contributed by atoms with van der Waals surface area (Å²) in [5.74, 6) is 0. The molecule has 0 saturated carbocycles. The highest BCUT2D eigenvalue weighted by Crippen LogP contribution is 2.28. The highest BCUT2D eigenvalue weighted by atomic mass is 14.9. The van der Waals surface area contributed by atoms with Gasteiger partial charge in [0.15, 0.2) is 0 Å². The van der Waals surface area contributed by atoms with Crippen LogP contribution in [0.3, 0.4) is 0 Å². The topological polar surface area (TPSA) is 64.1 Å². The maximum Gasteiger partial charge on any atom is 0.0385 e. The molecule has 0 spiro atoms. The number of aryl methyl sites for hydroxylation is 1. The number of anilines is 1. The predicted molar refractivity (Wildman–Crippen MR) is 135 cm³/mol. The molecule has 0 heterocycles. The number of rotatable bonds is 9. The van der Waals surface area contributed by atoms with Gasteiger partial charge in [0.05, 0.1) is 0 Å². The second-order valence-electron chi connectivity index (χ2n) is 6.92. The molecule has 0 atom stereocenters. The Morgan fingerprint density at radius 2 is 1.67 bits per heavy atom. The zero-order valence-corrected chi connectivity index (χ0v) is 19.0. The Balaban J connectivity index is 0.00000218. The van der Waals surface area contributed by atoms with Gasteiger partial charge in [0.25, 0.3) is 0 Å². The summed E-state index contributed by atoms with van der Waals surface area (Å²) in [6.45, 7) is 14.9. The third kappa shape index (κ3) is 6.87. The predicted octanol–water partition coefficient (Wildman–Crippen LogP) is 6.43. The number of hydrogen-bond donors (Lipinski definition) is 3. The van der Waals surface area contributed by atoms with Crippen molar-refractivity contribution in [3.05, 3.63) is 102 Å². The van der Waals surface area contributed by atoms with Crippen molar-refractivity contribution < 1.29 is 0 Å². The summed E-state index contributed by atoms with van der Waals surface area (Å²) in [7, 11) is 1.50. The van der Waals surface area contributed by atoms with Crippen LogP contribution in [-0.4, -0.2) is 7.05 Å². The number of allylic oxidation sites excluding steroid dienone is 5. The molecule has 0 amide bonds. The van der Waals surface area contributed by atoms with Crippen LogP contribution >= 0.6 is 0 Å². The van der Waals surface area contributed by atoms with E-state index >= 15 is 0 Å². The lowest BCUT2D eigenvalue weighted by Gasteiger charge is -2.17. The average Bonchev–Trinajstić information content (AvgIpc) is 2.78. The van der Waals surface area contributed by atoms with Crippen molar-refractivity contribution in [1.82, 2.24) is 0 Å². The molecule has 2 aromatic carbocycles. The lowest BCUT2D eigenvalue weighted by molar-refractivity contribution is 1.06. The van der Waals surface area contributed by atoms with E-state index in [4.69, 9.17) is 5.73 Å². The molecule has 0 aliphatic carbocycles. The second kappa shape index (κ2) is 13.4. The molecule has 0 bridgehead atoms. The van der Waals surface area contributed by atoms with E-state index in [0.29, 0.717) is 6.54 Å². The van der Waals surface area contributed by atoms with E-state index in [1.807, 2.05) is 6.08 Å². The molecule has 30 heavy (non-hydrogen) atoms. The summed E-state index contributed by atoms with van der Waals surface area (Å²) >= 11 is 0. The summed E-state index contributed by atoms with van der Waals surface area (Å²) < 4.78 is 0. The molecule has 0 unspecified atom stereocenters. The standard InChI is InChI=1S/C26H32N2.CH5N/c1-6-11-21(7-2)26-15-14-24(17-23(26)18-27)28-20(5)16-22(8-3)25-13-10-9-12-19(25)4;1-2/h6-10,12-15,17,28H,1,5,11,16,18,27H2,2-4H3;2H2,1H3/b21-7+,22-8-;. The first kappa shape index (κ1) is 25.2. The molecule has 0 fully saturated rings. The zero-order chi connectivity index (χ0) is 22.5. The Hall–Kier alpha value is -2.88. The smallest absolute Gasteiger partial charge is 0.0385 e. The largest absolute Gasteiger partial charge is 0.359 e. The molecule has 3 nitrogen and oxygen atoms in total. The van der Waals surface area contributed by atoms with Crippen LogP contribution in [-0.2, 0) is 6.54 Å². The van der Waals surface area contributed by atoms with Crippen molar-refractivity contribution in [2.75, 3.05) is 12.4 Å². The lowest BCUT2D eigenvalue weighted by Crippen LogP contribution is -2.05. The fourth-order valence-electron chi connectivity index (χ4n) is 3.46. The molecule has 160 valence electrons. The average molecular weight is 404 g/mol. The van der Waals surface area contributed by atoms with Crippen molar-refractivity contribution in [2.24, 2.45) is 11.5 Å². The molecule has 0 aliphatic rings. The van der Waals surface area contributed by atoms with E-state index in [1.165, 1.54) is 34.9 Å². The highest BCUT2D eigenvalue weighted by Gasteiger charge is 2.09. The monoisotopic (exact) mass is 403 g/mol. The van der Waals surface area contributed by atoms with Crippen LogP contribution in [0.15, 0.2) is 79.5 Å². The Morgan fingerprint density at radius 1 is 1.00 bits per heavy atom. The minimum atomic E-state index is 0.495. The molecule has 0 radical (unpaired) electrons. The van der Waals surface area contributed by atoms with Crippen LogP contribution in [0.2, 0.25) is 0 Å². The molecule has 3 heteroatoms. The quantitative estimate of drug-likeness (QED) is 0.423. The summed E-state index contributed by atoms with van der Waals surface area (Å²) in [5.41, 5.74) is 19.9. The third-order valence-corrected chi connectivity index (χ3v) is 4.95. The molecule has 0 aliphatic heterocycles. The van der Waals surface area contributed by atoms with Crippen LogP contribution < -0.4 is 16.8 Å². The van der Waals surface area contributed by atoms with Crippen molar-refractivity contribution in [3.8, 4) is 0 Å². The molecule has 2 rings (SSSR count). The van der Waals surface area contributed by atoms with Gasteiger partial charge in [-0.05, 0) is 79.8 Å². The first-order valence-electron chi connectivity index (χ1n) is 10.4. The van der Waals surface area contributed by atoms with Crippen LogP contribution in [0.4, 0.5) is 5.69 Å². The maximum atomic E-state index is 6.02. The number of nitrogens with two attached hydrogens (primary N) is 2. The minimum Gasteiger partial charge on any atom is -0.359 e. The van der Waals surface area contributed by atoms with Crippen LogP contribution in [0, 0.1) is 6.92 Å². The SMILES string of the molecule is C=CC/C(=C\C)c1ccc(NC(=C)C/C(=C/C)c2ccccc2C)cc1CN.CN. The molecular formula is C27H37N3.